The molecule has 86 valence electrons. The van der Waals surface area contributed by atoms with Gasteiger partial charge in [-0.15, -0.1) is 0 Å². The van der Waals surface area contributed by atoms with Crippen LogP contribution in [-0.2, 0) is 0 Å². The molecule has 0 aliphatic rings. The van der Waals surface area contributed by atoms with Crippen molar-refractivity contribution in [2.45, 2.75) is 0 Å². The number of rotatable bonds is 3. The van der Waals surface area contributed by atoms with E-state index in [0.717, 1.165) is 11.3 Å². The summed E-state index contributed by atoms with van der Waals surface area (Å²) in [5.41, 5.74) is 1.18. The number of carbonyl (C=O) groups is 1. The number of benzene rings is 1. The van der Waals surface area contributed by atoms with Gasteiger partial charge in [0.25, 0.3) is 5.24 Å². The highest BCUT2D eigenvalue weighted by Gasteiger charge is 2.20. The molecule has 17 heavy (non-hydrogen) atoms. The van der Waals surface area contributed by atoms with E-state index in [4.69, 9.17) is 11.6 Å². The Bertz CT molecular complexity index is 594. The van der Waals surface area contributed by atoms with Gasteiger partial charge in [0.05, 0.1) is 10.5 Å². The molecule has 1 heterocycles. The molecule has 0 spiro atoms. The molecule has 2 aromatic rings. The third-order valence-corrected chi connectivity index (χ3v) is 3.31. The fourth-order valence-electron chi connectivity index (χ4n) is 1.54. The highest BCUT2D eigenvalue weighted by molar-refractivity contribution is 7.14. The van der Waals surface area contributed by atoms with Crippen molar-refractivity contribution in [3.8, 4) is 11.1 Å². The standard InChI is InChI=1S/C11H6ClNO3S/c12-10(14)8-4-2-1-3-7(8)9-5-6-17-11(9)13(15)16/h1-6H. The highest BCUT2D eigenvalue weighted by Crippen LogP contribution is 2.36. The fraction of sp³-hybridized carbons (Fsp3) is 0. The van der Waals surface area contributed by atoms with Gasteiger partial charge in [-0.2, -0.15) is 0 Å². The minimum Gasteiger partial charge on any atom is -0.276 e. The Balaban J connectivity index is 2.64. The van der Waals surface area contributed by atoms with Crippen molar-refractivity contribution in [1.82, 2.24) is 0 Å². The second-order valence-corrected chi connectivity index (χ2v) is 4.45. The summed E-state index contributed by atoms with van der Waals surface area (Å²) in [4.78, 5) is 21.6. The van der Waals surface area contributed by atoms with Crippen molar-refractivity contribution in [3.05, 3.63) is 51.4 Å². The van der Waals surface area contributed by atoms with Crippen molar-refractivity contribution >= 4 is 33.2 Å². The summed E-state index contributed by atoms with van der Waals surface area (Å²) in [6.07, 6.45) is 0. The van der Waals surface area contributed by atoms with Gasteiger partial charge in [0.2, 0.25) is 0 Å². The van der Waals surface area contributed by atoms with Crippen LogP contribution in [0.3, 0.4) is 0 Å². The van der Waals surface area contributed by atoms with Crippen LogP contribution in [-0.4, -0.2) is 10.2 Å². The summed E-state index contributed by atoms with van der Waals surface area (Å²) < 4.78 is 0. The second-order valence-electron chi connectivity index (χ2n) is 3.22. The first kappa shape index (κ1) is 11.8. The van der Waals surface area contributed by atoms with Crippen LogP contribution in [0, 0.1) is 10.1 Å². The van der Waals surface area contributed by atoms with Gasteiger partial charge < -0.3 is 0 Å². The molecule has 0 saturated carbocycles. The number of thiophene rings is 1. The number of hydrogen-bond acceptors (Lipinski definition) is 4. The van der Waals surface area contributed by atoms with E-state index in [1.54, 1.807) is 35.7 Å². The van der Waals surface area contributed by atoms with Crippen LogP contribution < -0.4 is 0 Å². The summed E-state index contributed by atoms with van der Waals surface area (Å²) in [5.74, 6) is 0. The van der Waals surface area contributed by atoms with Crippen molar-refractivity contribution in [2.24, 2.45) is 0 Å². The summed E-state index contributed by atoms with van der Waals surface area (Å²) in [7, 11) is 0. The van der Waals surface area contributed by atoms with E-state index in [9.17, 15) is 14.9 Å². The molecule has 0 bridgehead atoms. The number of carbonyl (C=O) groups excluding carboxylic acids is 1. The molecule has 2 rings (SSSR count). The van der Waals surface area contributed by atoms with E-state index in [2.05, 4.69) is 0 Å². The molecule has 6 heteroatoms. The van der Waals surface area contributed by atoms with E-state index < -0.39 is 10.2 Å². The average molecular weight is 268 g/mol. The zero-order chi connectivity index (χ0) is 12.4. The predicted molar refractivity (Wildman–Crippen MR) is 66.6 cm³/mol. The average Bonchev–Trinajstić information content (AvgIpc) is 2.77. The summed E-state index contributed by atoms with van der Waals surface area (Å²) in [6.45, 7) is 0. The van der Waals surface area contributed by atoms with Crippen molar-refractivity contribution in [3.63, 3.8) is 0 Å². The van der Waals surface area contributed by atoms with Gasteiger partial charge in [-0.1, -0.05) is 29.5 Å². The molecule has 1 aromatic carbocycles. The minimum atomic E-state index is -0.624. The first-order chi connectivity index (χ1) is 8.11. The SMILES string of the molecule is O=C(Cl)c1ccccc1-c1ccsc1[N+](=O)[O-]. The highest BCUT2D eigenvalue weighted by atomic mass is 35.5. The Hall–Kier alpha value is -1.72. The van der Waals surface area contributed by atoms with Gasteiger partial charge in [0.15, 0.2) is 0 Å². The maximum Gasteiger partial charge on any atom is 0.331 e. The molecule has 1 aromatic heterocycles. The van der Waals surface area contributed by atoms with Crippen LogP contribution in [0.1, 0.15) is 10.4 Å². The zero-order valence-corrected chi connectivity index (χ0v) is 9.99. The molecular formula is C11H6ClNO3S. The number of nitrogens with zero attached hydrogens (tertiary/aromatic N) is 1. The van der Waals surface area contributed by atoms with E-state index in [1.165, 1.54) is 0 Å². The molecule has 0 amide bonds. The normalized spacial score (nSPS) is 10.2. The molecule has 0 fully saturated rings. The predicted octanol–water partition coefficient (Wildman–Crippen LogP) is 3.70. The lowest BCUT2D eigenvalue weighted by molar-refractivity contribution is -0.379. The summed E-state index contributed by atoms with van der Waals surface area (Å²) in [6, 6.07) is 8.18. The van der Waals surface area contributed by atoms with E-state index in [1.807, 2.05) is 0 Å². The van der Waals surface area contributed by atoms with Crippen molar-refractivity contribution < 1.29 is 9.72 Å². The van der Waals surface area contributed by atoms with Gasteiger partial charge >= 0.3 is 5.00 Å². The van der Waals surface area contributed by atoms with Crippen molar-refractivity contribution in [1.29, 1.82) is 0 Å². The molecule has 0 aliphatic heterocycles. The zero-order valence-electron chi connectivity index (χ0n) is 8.42. The quantitative estimate of drug-likeness (QED) is 0.484. The minimum absolute atomic E-state index is 0.00960. The molecule has 0 unspecified atom stereocenters. The van der Waals surface area contributed by atoms with Crippen LogP contribution >= 0.6 is 22.9 Å². The molecular weight excluding hydrogens is 262 g/mol. The Kier molecular flexibility index (Phi) is 3.21. The Morgan fingerprint density at radius 1 is 1.24 bits per heavy atom. The topological polar surface area (TPSA) is 60.2 Å². The Morgan fingerprint density at radius 2 is 1.94 bits per heavy atom. The van der Waals surface area contributed by atoms with Gasteiger partial charge in [-0.05, 0) is 29.1 Å². The largest absolute Gasteiger partial charge is 0.331 e. The smallest absolute Gasteiger partial charge is 0.276 e. The maximum absolute atomic E-state index is 11.2. The molecule has 0 atom stereocenters. The van der Waals surface area contributed by atoms with Gasteiger partial charge in [-0.3, -0.25) is 14.9 Å². The molecule has 0 N–H and O–H groups in total. The van der Waals surface area contributed by atoms with Crippen molar-refractivity contribution in [2.75, 3.05) is 0 Å². The number of nitro groups is 1. The lowest BCUT2D eigenvalue weighted by atomic mass is 10.0. The second kappa shape index (κ2) is 4.65. The summed E-state index contributed by atoms with van der Waals surface area (Å²) in [5, 5.41) is 11.8. The number of halogens is 1. The third-order valence-electron chi connectivity index (χ3n) is 2.24. The molecule has 0 radical (unpaired) electrons. The van der Waals surface area contributed by atoms with Gasteiger partial charge in [0.1, 0.15) is 0 Å². The summed E-state index contributed by atoms with van der Waals surface area (Å²) >= 11 is 6.47. The van der Waals surface area contributed by atoms with Gasteiger partial charge in [-0.25, -0.2) is 0 Å². The monoisotopic (exact) mass is 267 g/mol. The van der Waals surface area contributed by atoms with E-state index >= 15 is 0 Å². The van der Waals surface area contributed by atoms with E-state index in [0.29, 0.717) is 11.1 Å². The first-order valence-corrected chi connectivity index (χ1v) is 5.88. The number of hydrogen-bond donors (Lipinski definition) is 0. The van der Waals surface area contributed by atoms with Crippen LogP contribution in [0.4, 0.5) is 5.00 Å². The van der Waals surface area contributed by atoms with Gasteiger partial charge in [0, 0.05) is 11.1 Å². The maximum atomic E-state index is 11.2. The van der Waals surface area contributed by atoms with Crippen LogP contribution in [0.15, 0.2) is 35.7 Å². The Morgan fingerprint density at radius 3 is 2.59 bits per heavy atom. The Labute approximate surface area is 106 Å². The molecule has 4 nitrogen and oxygen atoms in total. The lowest BCUT2D eigenvalue weighted by Crippen LogP contribution is -1.94. The van der Waals surface area contributed by atoms with Crippen LogP contribution in [0.25, 0.3) is 11.1 Å². The molecule has 0 aliphatic carbocycles. The molecule has 0 saturated heterocycles. The van der Waals surface area contributed by atoms with Crippen LogP contribution in [0.2, 0.25) is 0 Å². The van der Waals surface area contributed by atoms with Crippen LogP contribution in [0.5, 0.6) is 0 Å². The third kappa shape index (κ3) is 2.20. The lowest BCUT2D eigenvalue weighted by Gasteiger charge is -2.03. The fourth-order valence-corrected chi connectivity index (χ4v) is 2.43. The van der Waals surface area contributed by atoms with E-state index in [-0.39, 0.29) is 10.6 Å². The first-order valence-electron chi connectivity index (χ1n) is 4.62.